The Morgan fingerprint density at radius 2 is 2.00 bits per heavy atom. The lowest BCUT2D eigenvalue weighted by Crippen LogP contribution is -1.94. The summed E-state index contributed by atoms with van der Waals surface area (Å²) in [6.07, 6.45) is 6.96. The number of halogens is 1. The number of nitrogens with zero attached hydrogens (tertiary/aromatic N) is 2. The molecule has 110 valence electrons. The van der Waals surface area contributed by atoms with Crippen LogP contribution in [-0.4, -0.2) is 22.3 Å². The predicted octanol–water partition coefficient (Wildman–Crippen LogP) is 4.00. The molecule has 1 aromatic carbocycles. The fourth-order valence-corrected chi connectivity index (χ4v) is 2.45. The molecule has 2 heterocycles. The van der Waals surface area contributed by atoms with Gasteiger partial charge in [-0.25, -0.2) is 4.98 Å². The number of carbonyl (C=O) groups is 1. The van der Waals surface area contributed by atoms with Gasteiger partial charge in [0.25, 0.3) is 0 Å². The molecular formula is C17H13BrN2O2. The van der Waals surface area contributed by atoms with Crippen LogP contribution in [0.3, 0.4) is 0 Å². The van der Waals surface area contributed by atoms with Crippen molar-refractivity contribution in [3.63, 3.8) is 0 Å². The van der Waals surface area contributed by atoms with E-state index >= 15 is 0 Å². The Balaban J connectivity index is 1.85. The van der Waals surface area contributed by atoms with Gasteiger partial charge in [0.1, 0.15) is 11.4 Å². The highest BCUT2D eigenvalue weighted by Gasteiger charge is 2.04. The number of aromatic nitrogens is 2. The Morgan fingerprint density at radius 1 is 1.23 bits per heavy atom. The first-order chi connectivity index (χ1) is 10.7. The summed E-state index contributed by atoms with van der Waals surface area (Å²) < 4.78 is 7.95. The van der Waals surface area contributed by atoms with Crippen LogP contribution in [-0.2, 0) is 0 Å². The summed E-state index contributed by atoms with van der Waals surface area (Å²) in [6.45, 7) is 0. The molecule has 0 amide bonds. The number of pyridine rings is 1. The maximum absolute atomic E-state index is 12.2. The minimum atomic E-state index is -0.0624. The summed E-state index contributed by atoms with van der Waals surface area (Å²) >= 11 is 3.43. The number of imidazole rings is 1. The van der Waals surface area contributed by atoms with Gasteiger partial charge in [0.15, 0.2) is 5.78 Å². The van der Waals surface area contributed by atoms with Gasteiger partial charge in [-0.15, -0.1) is 0 Å². The van der Waals surface area contributed by atoms with Gasteiger partial charge in [-0.05, 0) is 64.5 Å². The maximum atomic E-state index is 12.2. The van der Waals surface area contributed by atoms with Gasteiger partial charge in [-0.2, -0.15) is 0 Å². The summed E-state index contributed by atoms with van der Waals surface area (Å²) in [5, 5.41) is 0. The van der Waals surface area contributed by atoms with E-state index in [2.05, 4.69) is 20.9 Å². The first-order valence-corrected chi connectivity index (χ1v) is 7.46. The summed E-state index contributed by atoms with van der Waals surface area (Å²) in [7, 11) is 1.60. The van der Waals surface area contributed by atoms with Gasteiger partial charge in [0.05, 0.1) is 19.0 Å². The van der Waals surface area contributed by atoms with E-state index in [4.69, 9.17) is 4.74 Å². The van der Waals surface area contributed by atoms with Gasteiger partial charge >= 0.3 is 0 Å². The van der Waals surface area contributed by atoms with E-state index in [0.717, 1.165) is 21.6 Å². The first-order valence-electron chi connectivity index (χ1n) is 6.66. The predicted molar refractivity (Wildman–Crippen MR) is 89.3 cm³/mol. The van der Waals surface area contributed by atoms with Crippen molar-refractivity contribution in [1.29, 1.82) is 0 Å². The van der Waals surface area contributed by atoms with Gasteiger partial charge in [0, 0.05) is 16.2 Å². The highest BCUT2D eigenvalue weighted by atomic mass is 79.9. The van der Waals surface area contributed by atoms with E-state index in [1.165, 1.54) is 0 Å². The summed E-state index contributed by atoms with van der Waals surface area (Å²) in [6, 6.07) is 10.9. The largest absolute Gasteiger partial charge is 0.497 e. The molecule has 4 nitrogen and oxygen atoms in total. The molecule has 0 bridgehead atoms. The second-order valence-corrected chi connectivity index (χ2v) is 5.60. The molecule has 0 aliphatic heterocycles. The van der Waals surface area contributed by atoms with Crippen molar-refractivity contribution in [1.82, 2.24) is 9.38 Å². The Morgan fingerprint density at radius 3 is 2.73 bits per heavy atom. The lowest BCUT2D eigenvalue weighted by Gasteiger charge is -2.00. The van der Waals surface area contributed by atoms with E-state index in [9.17, 15) is 4.79 Å². The molecule has 0 aliphatic rings. The summed E-state index contributed by atoms with van der Waals surface area (Å²) in [4.78, 5) is 16.5. The van der Waals surface area contributed by atoms with Crippen LogP contribution in [0.4, 0.5) is 0 Å². The molecule has 0 aliphatic carbocycles. The molecule has 0 saturated carbocycles. The Bertz CT molecular complexity index is 851. The number of allylic oxidation sites excluding steroid dienone is 1. The maximum Gasteiger partial charge on any atom is 0.185 e. The first kappa shape index (κ1) is 14.5. The molecule has 0 spiro atoms. The topological polar surface area (TPSA) is 43.6 Å². The Hall–Kier alpha value is -2.40. The lowest BCUT2D eigenvalue weighted by molar-refractivity contribution is 0.104. The van der Waals surface area contributed by atoms with Gasteiger partial charge in [0.2, 0.25) is 0 Å². The zero-order valence-corrected chi connectivity index (χ0v) is 13.4. The molecule has 0 radical (unpaired) electrons. The molecule has 0 saturated heterocycles. The van der Waals surface area contributed by atoms with Crippen molar-refractivity contribution in [3.05, 3.63) is 70.6 Å². The highest BCUT2D eigenvalue weighted by Crippen LogP contribution is 2.16. The zero-order chi connectivity index (χ0) is 15.5. The average Bonchev–Trinajstić information content (AvgIpc) is 2.95. The van der Waals surface area contributed by atoms with E-state index in [1.54, 1.807) is 49.7 Å². The molecular weight excluding hydrogens is 344 g/mol. The number of benzene rings is 1. The lowest BCUT2D eigenvalue weighted by atomic mass is 10.1. The third-order valence-corrected chi connectivity index (χ3v) is 3.75. The van der Waals surface area contributed by atoms with E-state index in [-0.39, 0.29) is 5.78 Å². The molecule has 5 heteroatoms. The van der Waals surface area contributed by atoms with Gasteiger partial charge in [-0.3, -0.25) is 9.20 Å². The number of hydrogen-bond acceptors (Lipinski definition) is 3. The Labute approximate surface area is 136 Å². The second kappa shape index (κ2) is 6.15. The summed E-state index contributed by atoms with van der Waals surface area (Å²) in [5.41, 5.74) is 2.30. The number of ether oxygens (including phenoxy) is 1. The highest BCUT2D eigenvalue weighted by molar-refractivity contribution is 9.10. The molecule has 0 unspecified atom stereocenters. The van der Waals surface area contributed by atoms with Crippen molar-refractivity contribution in [2.75, 3.05) is 7.11 Å². The van der Waals surface area contributed by atoms with Crippen molar-refractivity contribution in [2.24, 2.45) is 0 Å². The van der Waals surface area contributed by atoms with Crippen molar-refractivity contribution >= 4 is 33.4 Å². The molecule has 0 atom stereocenters. The zero-order valence-electron chi connectivity index (χ0n) is 11.9. The van der Waals surface area contributed by atoms with Crippen LogP contribution in [0.1, 0.15) is 16.1 Å². The van der Waals surface area contributed by atoms with Crippen LogP contribution < -0.4 is 4.74 Å². The summed E-state index contributed by atoms with van der Waals surface area (Å²) in [5.74, 6) is 0.666. The molecule has 0 N–H and O–H groups in total. The van der Waals surface area contributed by atoms with Gasteiger partial charge in [-0.1, -0.05) is 0 Å². The normalized spacial score (nSPS) is 11.2. The van der Waals surface area contributed by atoms with Crippen LogP contribution in [0.2, 0.25) is 0 Å². The standard InChI is InChI=1S/C17H13BrN2O2/c1-22-15-6-2-12(3-7-15)16(21)8-5-14-10-19-17-9-4-13(18)11-20(14)17/h2-11H,1H3/b8-5+. The third kappa shape index (κ3) is 2.94. The molecule has 22 heavy (non-hydrogen) atoms. The smallest absolute Gasteiger partial charge is 0.185 e. The SMILES string of the molecule is COc1ccc(C(=O)/C=C/c2cnc3ccc(Br)cn23)cc1. The van der Waals surface area contributed by atoms with Crippen molar-refractivity contribution < 1.29 is 9.53 Å². The van der Waals surface area contributed by atoms with Crippen LogP contribution in [0.5, 0.6) is 5.75 Å². The van der Waals surface area contributed by atoms with Crippen LogP contribution >= 0.6 is 15.9 Å². The van der Waals surface area contributed by atoms with Crippen molar-refractivity contribution in [2.45, 2.75) is 0 Å². The molecule has 2 aromatic heterocycles. The monoisotopic (exact) mass is 356 g/mol. The van der Waals surface area contributed by atoms with Crippen LogP contribution in [0.25, 0.3) is 11.7 Å². The molecule has 3 rings (SSSR count). The number of carbonyl (C=O) groups excluding carboxylic acids is 1. The van der Waals surface area contributed by atoms with E-state index in [0.29, 0.717) is 5.56 Å². The number of rotatable bonds is 4. The average molecular weight is 357 g/mol. The van der Waals surface area contributed by atoms with E-state index in [1.807, 2.05) is 22.7 Å². The number of hydrogen-bond donors (Lipinski definition) is 0. The van der Waals surface area contributed by atoms with Crippen molar-refractivity contribution in [3.8, 4) is 5.75 Å². The van der Waals surface area contributed by atoms with Crippen LogP contribution in [0.15, 0.2) is 59.3 Å². The second-order valence-electron chi connectivity index (χ2n) is 4.68. The quantitative estimate of drug-likeness (QED) is 0.524. The third-order valence-electron chi connectivity index (χ3n) is 3.28. The fourth-order valence-electron chi connectivity index (χ4n) is 2.11. The molecule has 0 fully saturated rings. The fraction of sp³-hybridized carbons (Fsp3) is 0.0588. The van der Waals surface area contributed by atoms with E-state index < -0.39 is 0 Å². The van der Waals surface area contributed by atoms with Gasteiger partial charge < -0.3 is 4.74 Å². The molecule has 3 aromatic rings. The number of methoxy groups -OCH3 is 1. The minimum Gasteiger partial charge on any atom is -0.497 e. The van der Waals surface area contributed by atoms with Crippen LogP contribution in [0, 0.1) is 0 Å². The Kier molecular flexibility index (Phi) is 4.06. The minimum absolute atomic E-state index is 0.0624. The number of ketones is 1. The number of fused-ring (bicyclic) bond motifs is 1.